The van der Waals surface area contributed by atoms with Crippen molar-refractivity contribution in [2.75, 3.05) is 6.61 Å². The van der Waals surface area contributed by atoms with Gasteiger partial charge in [0.05, 0.1) is 0 Å². The van der Waals surface area contributed by atoms with Crippen LogP contribution in [0.25, 0.3) is 0 Å². The molecule has 0 spiro atoms. The average Bonchev–Trinajstić information content (AvgIpc) is 2.50. The van der Waals surface area contributed by atoms with Gasteiger partial charge in [-0.2, -0.15) is 0 Å². The number of nitrogens with zero attached hydrogens (tertiary/aromatic N) is 1. The maximum Gasteiger partial charge on any atom is 0.430 e. The van der Waals surface area contributed by atoms with Gasteiger partial charge in [0.1, 0.15) is 17.1 Å². The summed E-state index contributed by atoms with van der Waals surface area (Å²) in [6.45, 7) is 2.26. The predicted octanol–water partition coefficient (Wildman–Crippen LogP) is 1.06. The molecule has 1 aliphatic rings. The highest BCUT2D eigenvalue weighted by molar-refractivity contribution is 8.14. The normalized spacial score (nSPS) is 25.6. The summed E-state index contributed by atoms with van der Waals surface area (Å²) in [6.07, 6.45) is 2.86. The fourth-order valence-electron chi connectivity index (χ4n) is 0.751. The Morgan fingerprint density at radius 2 is 2.69 bits per heavy atom. The lowest BCUT2D eigenvalue weighted by molar-refractivity contribution is 0.158. The minimum Gasteiger partial charge on any atom is -0.356 e. The van der Waals surface area contributed by atoms with Gasteiger partial charge in [-0.05, 0) is 13.0 Å². The van der Waals surface area contributed by atoms with E-state index in [9.17, 15) is 4.79 Å². The van der Waals surface area contributed by atoms with Gasteiger partial charge in [0.2, 0.25) is 0 Å². The Balaban J connectivity index is 2.40. The number of ether oxygens (including phenoxy) is 1. The quantitative estimate of drug-likeness (QED) is 0.413. The van der Waals surface area contributed by atoms with E-state index in [1.54, 1.807) is 0 Å². The van der Waals surface area contributed by atoms with Crippen LogP contribution in [-0.4, -0.2) is 23.2 Å². The van der Waals surface area contributed by atoms with E-state index in [1.807, 2.05) is 19.1 Å². The number of thioether (sulfide) groups is 1. The third-order valence-electron chi connectivity index (χ3n) is 1.21. The zero-order valence-electron chi connectivity index (χ0n) is 7.10. The monoisotopic (exact) mass is 202 g/mol. The number of nitrogens with two attached hydrogens (primary N) is 1. The lowest BCUT2D eigenvalue weighted by Crippen LogP contribution is -2.10. The second-order valence-electron chi connectivity index (χ2n) is 2.22. The molecule has 0 aromatic heterocycles. The Morgan fingerprint density at radius 1 is 1.92 bits per heavy atom. The van der Waals surface area contributed by atoms with Crippen molar-refractivity contribution in [3.8, 4) is 0 Å². The number of oxime groups is 1. The van der Waals surface area contributed by atoms with Gasteiger partial charge in [-0.1, -0.05) is 23.0 Å². The SMILES string of the molecule is CC=CC1OCC(=NOC(N)=O)S1. The molecule has 0 aromatic rings. The molecular formula is C7H10N2O3S. The van der Waals surface area contributed by atoms with Crippen molar-refractivity contribution in [2.24, 2.45) is 10.9 Å². The molecule has 1 amide bonds. The van der Waals surface area contributed by atoms with Gasteiger partial charge in [-0.3, -0.25) is 4.84 Å². The number of amides is 1. The number of primary amides is 1. The maximum absolute atomic E-state index is 10.2. The first-order chi connectivity index (χ1) is 6.22. The summed E-state index contributed by atoms with van der Waals surface area (Å²) in [7, 11) is 0. The van der Waals surface area contributed by atoms with Crippen molar-refractivity contribution in [2.45, 2.75) is 12.4 Å². The number of rotatable bonds is 2. The molecule has 0 radical (unpaired) electrons. The van der Waals surface area contributed by atoms with Crippen LogP contribution in [0.15, 0.2) is 17.3 Å². The molecular weight excluding hydrogens is 192 g/mol. The van der Waals surface area contributed by atoms with Crippen LogP contribution < -0.4 is 5.73 Å². The highest BCUT2D eigenvalue weighted by Crippen LogP contribution is 2.23. The Labute approximate surface area is 79.9 Å². The van der Waals surface area contributed by atoms with Crippen LogP contribution in [0.3, 0.4) is 0 Å². The van der Waals surface area contributed by atoms with E-state index in [0.29, 0.717) is 11.7 Å². The average molecular weight is 202 g/mol. The van der Waals surface area contributed by atoms with Crippen molar-refractivity contribution in [1.82, 2.24) is 0 Å². The van der Waals surface area contributed by atoms with Gasteiger partial charge in [0.25, 0.3) is 0 Å². The molecule has 72 valence electrons. The van der Waals surface area contributed by atoms with Crippen molar-refractivity contribution >= 4 is 22.9 Å². The Kier molecular flexibility index (Phi) is 3.78. The number of carbonyl (C=O) groups is 1. The van der Waals surface area contributed by atoms with Gasteiger partial charge < -0.3 is 10.5 Å². The summed E-state index contributed by atoms with van der Waals surface area (Å²) in [6, 6.07) is 0. The molecule has 5 nitrogen and oxygen atoms in total. The fourth-order valence-corrected chi connectivity index (χ4v) is 1.61. The van der Waals surface area contributed by atoms with Crippen LogP contribution in [0.5, 0.6) is 0 Å². The van der Waals surface area contributed by atoms with E-state index in [0.717, 1.165) is 0 Å². The molecule has 13 heavy (non-hydrogen) atoms. The first-order valence-electron chi connectivity index (χ1n) is 3.66. The minimum absolute atomic E-state index is 0.0415. The minimum atomic E-state index is -0.914. The standard InChI is InChI=1S/C7H10N2O3S/c1-2-3-6-11-4-5(13-6)9-12-7(8)10/h2-3,6H,4H2,1H3,(H2,8,10). The first-order valence-corrected chi connectivity index (χ1v) is 4.54. The summed E-state index contributed by atoms with van der Waals surface area (Å²) in [4.78, 5) is 14.4. The van der Waals surface area contributed by atoms with E-state index in [2.05, 4.69) is 9.99 Å². The second kappa shape index (κ2) is 4.88. The Morgan fingerprint density at radius 3 is 3.31 bits per heavy atom. The Hall–Kier alpha value is -1.01. The van der Waals surface area contributed by atoms with E-state index in [1.165, 1.54) is 11.8 Å². The smallest absolute Gasteiger partial charge is 0.356 e. The fraction of sp³-hybridized carbons (Fsp3) is 0.429. The number of carbonyl (C=O) groups excluding carboxylic acids is 1. The van der Waals surface area contributed by atoms with Crippen LogP contribution in [-0.2, 0) is 9.57 Å². The third-order valence-corrected chi connectivity index (χ3v) is 2.20. The summed E-state index contributed by atoms with van der Waals surface area (Å²) in [5.41, 5.74) is 4.69. The molecule has 2 N–H and O–H groups in total. The first kappa shape index (κ1) is 10.1. The van der Waals surface area contributed by atoms with E-state index in [4.69, 9.17) is 10.5 Å². The number of hydrogen-bond acceptors (Lipinski definition) is 5. The van der Waals surface area contributed by atoms with Crippen LogP contribution in [0.2, 0.25) is 0 Å². The van der Waals surface area contributed by atoms with Crippen molar-refractivity contribution in [3.05, 3.63) is 12.2 Å². The third kappa shape index (κ3) is 3.47. The van der Waals surface area contributed by atoms with Gasteiger partial charge in [0, 0.05) is 0 Å². The molecule has 1 aliphatic heterocycles. The van der Waals surface area contributed by atoms with E-state index in [-0.39, 0.29) is 5.44 Å². The molecule has 6 heteroatoms. The van der Waals surface area contributed by atoms with Crippen molar-refractivity contribution < 1.29 is 14.4 Å². The summed E-state index contributed by atoms with van der Waals surface area (Å²) in [5.74, 6) is 0. The molecule has 1 heterocycles. The van der Waals surface area contributed by atoms with Crippen molar-refractivity contribution in [3.63, 3.8) is 0 Å². The number of hydrogen-bond donors (Lipinski definition) is 1. The topological polar surface area (TPSA) is 73.9 Å². The lowest BCUT2D eigenvalue weighted by atomic mass is 10.5. The van der Waals surface area contributed by atoms with Crippen LogP contribution >= 0.6 is 11.8 Å². The summed E-state index contributed by atoms with van der Waals surface area (Å²) in [5, 5.41) is 4.11. The zero-order chi connectivity index (χ0) is 9.68. The Bertz CT molecular complexity index is 252. The van der Waals surface area contributed by atoms with Crippen molar-refractivity contribution in [1.29, 1.82) is 0 Å². The highest BCUT2D eigenvalue weighted by atomic mass is 32.2. The molecule has 1 saturated heterocycles. The van der Waals surface area contributed by atoms with Gasteiger partial charge >= 0.3 is 6.09 Å². The van der Waals surface area contributed by atoms with E-state index < -0.39 is 6.09 Å². The molecule has 0 saturated carbocycles. The predicted molar refractivity (Wildman–Crippen MR) is 50.2 cm³/mol. The molecule has 1 unspecified atom stereocenters. The molecule has 0 aliphatic carbocycles. The number of allylic oxidation sites excluding steroid dienone is 1. The molecule has 1 fully saturated rings. The van der Waals surface area contributed by atoms with Gasteiger partial charge in [-0.15, -0.1) is 0 Å². The van der Waals surface area contributed by atoms with Gasteiger partial charge in [-0.25, -0.2) is 4.79 Å². The second-order valence-corrected chi connectivity index (χ2v) is 3.39. The molecule has 1 atom stereocenters. The van der Waals surface area contributed by atoms with Crippen LogP contribution in [0, 0.1) is 0 Å². The zero-order valence-corrected chi connectivity index (χ0v) is 7.91. The van der Waals surface area contributed by atoms with Gasteiger partial charge in [0.15, 0.2) is 0 Å². The molecule has 1 rings (SSSR count). The summed E-state index contributed by atoms with van der Waals surface area (Å²) < 4.78 is 5.25. The van der Waals surface area contributed by atoms with Crippen LogP contribution in [0.1, 0.15) is 6.92 Å². The maximum atomic E-state index is 10.2. The lowest BCUT2D eigenvalue weighted by Gasteiger charge is -1.96. The highest BCUT2D eigenvalue weighted by Gasteiger charge is 2.20. The van der Waals surface area contributed by atoms with E-state index >= 15 is 0 Å². The largest absolute Gasteiger partial charge is 0.430 e. The molecule has 0 aromatic carbocycles. The van der Waals surface area contributed by atoms with Crippen LogP contribution in [0.4, 0.5) is 4.79 Å². The molecule has 0 bridgehead atoms. The summed E-state index contributed by atoms with van der Waals surface area (Å²) >= 11 is 1.39.